The van der Waals surface area contributed by atoms with Gasteiger partial charge in [0.1, 0.15) is 11.6 Å². The second-order valence-electron chi connectivity index (χ2n) is 4.65. The van der Waals surface area contributed by atoms with Gasteiger partial charge in [-0.2, -0.15) is 5.26 Å². The van der Waals surface area contributed by atoms with Gasteiger partial charge in [0.15, 0.2) is 11.5 Å². The molecule has 5 heteroatoms. The molecule has 116 valence electrons. The number of nitrogens with zero attached hydrogens (tertiary/aromatic N) is 1. The Balaban J connectivity index is 3.21. The summed E-state index contributed by atoms with van der Waals surface area (Å²) in [7, 11) is 1.44. The smallest absolute Gasteiger partial charge is 0.261 e. The molecule has 0 fully saturated rings. The van der Waals surface area contributed by atoms with Crippen LogP contribution in [0.25, 0.3) is 6.08 Å². The summed E-state index contributed by atoms with van der Waals surface area (Å²) in [6, 6.07) is 5.16. The van der Waals surface area contributed by atoms with Crippen LogP contribution < -0.4 is 10.1 Å². The number of carbonyl (C=O) groups excluding carboxylic acids is 1. The van der Waals surface area contributed by atoms with E-state index in [1.165, 1.54) is 13.2 Å². The Hall–Kier alpha value is -2.74. The lowest BCUT2D eigenvalue weighted by Gasteiger charge is -2.10. The van der Waals surface area contributed by atoms with Crippen LogP contribution in [0.1, 0.15) is 24.5 Å². The van der Waals surface area contributed by atoms with E-state index in [9.17, 15) is 9.90 Å². The van der Waals surface area contributed by atoms with E-state index in [0.29, 0.717) is 24.1 Å². The minimum Gasteiger partial charge on any atom is -0.504 e. The van der Waals surface area contributed by atoms with Crippen molar-refractivity contribution < 1.29 is 14.6 Å². The van der Waals surface area contributed by atoms with Crippen LogP contribution in [0.15, 0.2) is 30.4 Å². The number of ether oxygens (including phenoxy) is 1. The monoisotopic (exact) mass is 300 g/mol. The summed E-state index contributed by atoms with van der Waals surface area (Å²) in [6.07, 6.45) is 4.37. The van der Waals surface area contributed by atoms with Crippen molar-refractivity contribution in [2.24, 2.45) is 0 Å². The van der Waals surface area contributed by atoms with Crippen LogP contribution in [0.2, 0.25) is 0 Å². The second kappa shape index (κ2) is 8.53. The van der Waals surface area contributed by atoms with Crippen molar-refractivity contribution in [3.8, 4) is 17.6 Å². The van der Waals surface area contributed by atoms with Gasteiger partial charge >= 0.3 is 0 Å². The third kappa shape index (κ3) is 4.38. The maximum absolute atomic E-state index is 11.9. The first-order valence-electron chi connectivity index (χ1n) is 6.98. The van der Waals surface area contributed by atoms with Crippen molar-refractivity contribution in [3.05, 3.63) is 41.5 Å². The predicted octanol–water partition coefficient (Wildman–Crippen LogP) is 2.56. The maximum atomic E-state index is 11.9. The lowest BCUT2D eigenvalue weighted by molar-refractivity contribution is -0.117. The number of rotatable bonds is 7. The Morgan fingerprint density at radius 2 is 2.27 bits per heavy atom. The van der Waals surface area contributed by atoms with Crippen molar-refractivity contribution in [1.29, 1.82) is 5.26 Å². The number of nitriles is 1. The largest absolute Gasteiger partial charge is 0.504 e. The first-order chi connectivity index (χ1) is 10.6. The first-order valence-corrected chi connectivity index (χ1v) is 6.98. The first kappa shape index (κ1) is 17.3. The number of amides is 1. The second-order valence-corrected chi connectivity index (χ2v) is 4.65. The topological polar surface area (TPSA) is 82.4 Å². The molecule has 0 radical (unpaired) electrons. The average Bonchev–Trinajstić information content (AvgIpc) is 2.53. The fraction of sp³-hybridized carbons (Fsp3) is 0.294. The zero-order chi connectivity index (χ0) is 16.5. The number of carbonyl (C=O) groups is 1. The SMILES string of the molecule is C=CCc1cc(/C=C(\C#N)C(=O)NCCC)cc(OC)c1O. The molecule has 0 aromatic heterocycles. The van der Waals surface area contributed by atoms with E-state index in [-0.39, 0.29) is 17.1 Å². The number of phenolic OH excluding ortho intramolecular Hbond substituents is 1. The molecule has 0 spiro atoms. The number of aromatic hydroxyl groups is 1. The normalized spacial score (nSPS) is 10.7. The summed E-state index contributed by atoms with van der Waals surface area (Å²) in [6.45, 7) is 6.08. The molecule has 0 aliphatic rings. The zero-order valence-corrected chi connectivity index (χ0v) is 12.8. The minimum absolute atomic E-state index is 0.00532. The van der Waals surface area contributed by atoms with Gasteiger partial charge in [0.05, 0.1) is 7.11 Å². The lowest BCUT2D eigenvalue weighted by Crippen LogP contribution is -2.25. The maximum Gasteiger partial charge on any atom is 0.261 e. The molecule has 0 saturated heterocycles. The Morgan fingerprint density at radius 1 is 1.55 bits per heavy atom. The zero-order valence-electron chi connectivity index (χ0n) is 12.8. The highest BCUT2D eigenvalue weighted by molar-refractivity contribution is 6.01. The van der Waals surface area contributed by atoms with Crippen molar-refractivity contribution in [3.63, 3.8) is 0 Å². The highest BCUT2D eigenvalue weighted by atomic mass is 16.5. The van der Waals surface area contributed by atoms with Crippen LogP contribution in [0.3, 0.4) is 0 Å². The molecule has 1 rings (SSSR count). The predicted molar refractivity (Wildman–Crippen MR) is 85.5 cm³/mol. The van der Waals surface area contributed by atoms with Gasteiger partial charge in [-0.1, -0.05) is 13.0 Å². The Morgan fingerprint density at radius 3 is 2.82 bits per heavy atom. The van der Waals surface area contributed by atoms with Crippen molar-refractivity contribution >= 4 is 12.0 Å². The fourth-order valence-corrected chi connectivity index (χ4v) is 1.89. The molecule has 1 aromatic carbocycles. The molecule has 2 N–H and O–H groups in total. The number of benzene rings is 1. The number of hydrogen-bond acceptors (Lipinski definition) is 4. The highest BCUT2D eigenvalue weighted by Crippen LogP contribution is 2.32. The molecule has 0 saturated carbocycles. The van der Waals surface area contributed by atoms with Crippen LogP contribution in [0.4, 0.5) is 0 Å². The summed E-state index contributed by atoms with van der Waals surface area (Å²) < 4.78 is 5.12. The molecule has 1 aromatic rings. The van der Waals surface area contributed by atoms with Crippen LogP contribution in [-0.2, 0) is 11.2 Å². The molecule has 0 unspecified atom stereocenters. The van der Waals surface area contributed by atoms with Gasteiger partial charge in [-0.15, -0.1) is 6.58 Å². The number of methoxy groups -OCH3 is 1. The highest BCUT2D eigenvalue weighted by Gasteiger charge is 2.12. The summed E-state index contributed by atoms with van der Waals surface area (Å²) in [5.41, 5.74) is 1.23. The Kier molecular flexibility index (Phi) is 6.71. The van der Waals surface area contributed by atoms with Crippen LogP contribution in [-0.4, -0.2) is 24.7 Å². The number of hydrogen-bond donors (Lipinski definition) is 2. The number of nitrogens with one attached hydrogen (secondary N) is 1. The van der Waals surface area contributed by atoms with Gasteiger partial charge in [-0.3, -0.25) is 4.79 Å². The average molecular weight is 300 g/mol. The van der Waals surface area contributed by atoms with Crippen LogP contribution in [0.5, 0.6) is 11.5 Å². The van der Waals surface area contributed by atoms with Crippen molar-refractivity contribution in [1.82, 2.24) is 5.32 Å². The van der Waals surface area contributed by atoms with Crippen molar-refractivity contribution in [2.75, 3.05) is 13.7 Å². The van der Waals surface area contributed by atoms with Gasteiger partial charge in [0, 0.05) is 12.1 Å². The lowest BCUT2D eigenvalue weighted by atomic mass is 10.0. The van der Waals surface area contributed by atoms with E-state index in [1.54, 1.807) is 18.2 Å². The van der Waals surface area contributed by atoms with Gasteiger partial charge in [-0.25, -0.2) is 0 Å². The van der Waals surface area contributed by atoms with Crippen LogP contribution in [0, 0.1) is 11.3 Å². The molecule has 0 atom stereocenters. The molecule has 22 heavy (non-hydrogen) atoms. The van der Waals surface area contributed by atoms with E-state index in [2.05, 4.69) is 11.9 Å². The van der Waals surface area contributed by atoms with Gasteiger partial charge in [0.25, 0.3) is 5.91 Å². The third-order valence-electron chi connectivity index (χ3n) is 2.97. The fourth-order valence-electron chi connectivity index (χ4n) is 1.89. The molecule has 5 nitrogen and oxygen atoms in total. The Bertz CT molecular complexity index is 628. The number of allylic oxidation sites excluding steroid dienone is 1. The Labute approximate surface area is 130 Å². The van der Waals surface area contributed by atoms with E-state index in [0.717, 1.165) is 6.42 Å². The molecule has 0 aliphatic carbocycles. The summed E-state index contributed by atoms with van der Waals surface area (Å²) in [5, 5.41) is 21.8. The third-order valence-corrected chi connectivity index (χ3v) is 2.97. The van der Waals surface area contributed by atoms with Crippen LogP contribution >= 0.6 is 0 Å². The van der Waals surface area contributed by atoms with E-state index >= 15 is 0 Å². The van der Waals surface area contributed by atoms with Gasteiger partial charge in [0.2, 0.25) is 0 Å². The molecule has 0 bridgehead atoms. The molecule has 0 heterocycles. The van der Waals surface area contributed by atoms with E-state index in [4.69, 9.17) is 10.00 Å². The summed E-state index contributed by atoms with van der Waals surface area (Å²) in [5.74, 6) is -0.0907. The van der Waals surface area contributed by atoms with Gasteiger partial charge in [-0.05, 0) is 36.6 Å². The standard InChI is InChI=1S/C17H20N2O3/c1-4-6-13-8-12(10-15(22-3)16(13)20)9-14(11-18)17(21)19-7-5-2/h4,8-10,20H,1,5-7H2,2-3H3,(H,19,21)/b14-9+. The van der Waals surface area contributed by atoms with E-state index in [1.807, 2.05) is 13.0 Å². The quantitative estimate of drug-likeness (QED) is 0.460. The molecule has 1 amide bonds. The van der Waals surface area contributed by atoms with E-state index < -0.39 is 5.91 Å². The molecular formula is C17H20N2O3. The molecular weight excluding hydrogens is 280 g/mol. The summed E-state index contributed by atoms with van der Waals surface area (Å²) >= 11 is 0. The molecule has 0 aliphatic heterocycles. The minimum atomic E-state index is -0.415. The number of phenols is 1. The van der Waals surface area contributed by atoms with Gasteiger partial charge < -0.3 is 15.2 Å². The summed E-state index contributed by atoms with van der Waals surface area (Å²) in [4.78, 5) is 11.9. The van der Waals surface area contributed by atoms with Crippen molar-refractivity contribution in [2.45, 2.75) is 19.8 Å².